The molecule has 3 heterocycles. The highest BCUT2D eigenvalue weighted by molar-refractivity contribution is 5.95. The molecule has 7 heteroatoms. The van der Waals surface area contributed by atoms with Crippen molar-refractivity contribution in [2.75, 3.05) is 31.6 Å². The predicted molar refractivity (Wildman–Crippen MR) is 115 cm³/mol. The number of carbonyl (C=O) groups excluding carboxylic acids is 1. The first-order valence-corrected chi connectivity index (χ1v) is 10.3. The van der Waals surface area contributed by atoms with Crippen LogP contribution >= 0.6 is 0 Å². The van der Waals surface area contributed by atoms with Crippen molar-refractivity contribution in [3.05, 3.63) is 54.7 Å². The first-order valence-electron chi connectivity index (χ1n) is 10.3. The SMILES string of the molecule is O=C(Nc1cc2cc(-c3cncc(F)c3)ccc2cn1)C1CC(N2CCOCC2)C1.[HH]. The molecule has 2 aromatic heterocycles. The summed E-state index contributed by atoms with van der Waals surface area (Å²) in [4.78, 5) is 23.4. The lowest BCUT2D eigenvalue weighted by Gasteiger charge is -2.43. The first kappa shape index (κ1) is 19.1. The number of benzene rings is 1. The molecular weight excluding hydrogens is 383 g/mol. The summed E-state index contributed by atoms with van der Waals surface area (Å²) in [5, 5.41) is 4.85. The fourth-order valence-corrected chi connectivity index (χ4v) is 4.23. The number of hydrogen-bond donors (Lipinski definition) is 1. The van der Waals surface area contributed by atoms with Crippen LogP contribution in [-0.4, -0.2) is 53.1 Å². The Morgan fingerprint density at radius 1 is 1.07 bits per heavy atom. The van der Waals surface area contributed by atoms with Crippen molar-refractivity contribution in [2.24, 2.45) is 5.92 Å². The van der Waals surface area contributed by atoms with Crippen molar-refractivity contribution in [2.45, 2.75) is 18.9 Å². The Kier molecular flexibility index (Phi) is 5.14. The van der Waals surface area contributed by atoms with Gasteiger partial charge in [0.15, 0.2) is 0 Å². The standard InChI is InChI=1S/C23H23FN4O2.H2/c24-20-8-19(12-25-14-20)15-1-2-16-13-26-22(11-17(16)7-15)27-23(29)18-9-21(10-18)28-3-5-30-6-4-28;/h1-2,7-8,11-14,18,21H,3-6,9-10H2,(H,26,27,29);1H. The summed E-state index contributed by atoms with van der Waals surface area (Å²) < 4.78 is 18.9. The van der Waals surface area contributed by atoms with Gasteiger partial charge in [0.25, 0.3) is 0 Å². The quantitative estimate of drug-likeness (QED) is 0.713. The molecule has 1 aromatic carbocycles. The monoisotopic (exact) mass is 408 g/mol. The van der Waals surface area contributed by atoms with E-state index in [0.29, 0.717) is 17.4 Å². The maximum absolute atomic E-state index is 13.5. The minimum absolute atomic E-state index is 0. The number of hydrogen-bond acceptors (Lipinski definition) is 5. The first-order chi connectivity index (χ1) is 14.7. The molecule has 1 N–H and O–H groups in total. The van der Waals surface area contributed by atoms with Gasteiger partial charge in [-0.3, -0.25) is 14.7 Å². The van der Waals surface area contributed by atoms with E-state index in [9.17, 15) is 9.18 Å². The number of aromatic nitrogens is 2. The Bertz CT molecular complexity index is 1080. The Morgan fingerprint density at radius 3 is 2.70 bits per heavy atom. The summed E-state index contributed by atoms with van der Waals surface area (Å²) in [5.41, 5.74) is 1.58. The molecule has 1 amide bonds. The van der Waals surface area contributed by atoms with Gasteiger partial charge in [0, 0.05) is 49.8 Å². The van der Waals surface area contributed by atoms with Crippen molar-refractivity contribution in [1.29, 1.82) is 0 Å². The molecule has 0 bridgehead atoms. The van der Waals surface area contributed by atoms with E-state index in [-0.39, 0.29) is 19.1 Å². The fraction of sp³-hybridized carbons (Fsp3) is 0.348. The summed E-state index contributed by atoms with van der Waals surface area (Å²) in [6, 6.07) is 9.62. The molecule has 0 spiro atoms. The topological polar surface area (TPSA) is 67.4 Å². The van der Waals surface area contributed by atoms with Crippen molar-refractivity contribution < 1.29 is 15.3 Å². The van der Waals surface area contributed by atoms with Crippen LogP contribution in [0.3, 0.4) is 0 Å². The molecule has 0 atom stereocenters. The van der Waals surface area contributed by atoms with Gasteiger partial charge in [-0.15, -0.1) is 0 Å². The number of ether oxygens (including phenoxy) is 1. The lowest BCUT2D eigenvalue weighted by Crippen LogP contribution is -2.52. The van der Waals surface area contributed by atoms with Gasteiger partial charge in [-0.05, 0) is 42.0 Å². The molecule has 1 aliphatic heterocycles. The zero-order chi connectivity index (χ0) is 20.5. The molecule has 1 aliphatic carbocycles. The molecule has 0 radical (unpaired) electrons. The number of anilines is 1. The molecule has 1 saturated carbocycles. The van der Waals surface area contributed by atoms with Gasteiger partial charge in [-0.25, -0.2) is 9.37 Å². The second kappa shape index (κ2) is 8.08. The second-order valence-electron chi connectivity index (χ2n) is 7.98. The highest BCUT2D eigenvalue weighted by Gasteiger charge is 2.38. The third kappa shape index (κ3) is 3.91. The summed E-state index contributed by atoms with van der Waals surface area (Å²) in [6.07, 6.45) is 6.34. The summed E-state index contributed by atoms with van der Waals surface area (Å²) >= 11 is 0. The van der Waals surface area contributed by atoms with Gasteiger partial charge in [-0.2, -0.15) is 0 Å². The van der Waals surface area contributed by atoms with Gasteiger partial charge < -0.3 is 10.1 Å². The van der Waals surface area contributed by atoms with Gasteiger partial charge in [-0.1, -0.05) is 12.1 Å². The van der Waals surface area contributed by atoms with Crippen LogP contribution in [0.5, 0.6) is 0 Å². The van der Waals surface area contributed by atoms with E-state index in [1.807, 2.05) is 24.3 Å². The van der Waals surface area contributed by atoms with Crippen LogP contribution in [0.25, 0.3) is 21.9 Å². The lowest BCUT2D eigenvalue weighted by molar-refractivity contribution is -0.125. The molecular formula is C23H25FN4O2. The van der Waals surface area contributed by atoms with E-state index in [1.54, 1.807) is 12.4 Å². The van der Waals surface area contributed by atoms with Crippen LogP contribution in [-0.2, 0) is 9.53 Å². The maximum Gasteiger partial charge on any atom is 0.228 e. The highest BCUT2D eigenvalue weighted by Crippen LogP contribution is 2.33. The number of nitrogens with zero attached hydrogens (tertiary/aromatic N) is 3. The summed E-state index contributed by atoms with van der Waals surface area (Å²) in [7, 11) is 0. The third-order valence-corrected chi connectivity index (χ3v) is 6.06. The zero-order valence-electron chi connectivity index (χ0n) is 16.6. The second-order valence-corrected chi connectivity index (χ2v) is 7.98. The summed E-state index contributed by atoms with van der Waals surface area (Å²) in [6.45, 7) is 3.47. The number of rotatable bonds is 4. The Hall–Kier alpha value is -2.90. The molecule has 30 heavy (non-hydrogen) atoms. The van der Waals surface area contributed by atoms with Gasteiger partial charge in [0.1, 0.15) is 11.6 Å². The summed E-state index contributed by atoms with van der Waals surface area (Å²) in [5.74, 6) is 0.222. The van der Waals surface area contributed by atoms with Gasteiger partial charge >= 0.3 is 0 Å². The van der Waals surface area contributed by atoms with Crippen molar-refractivity contribution >= 4 is 22.5 Å². The number of carbonyl (C=O) groups is 1. The van der Waals surface area contributed by atoms with Crippen molar-refractivity contribution in [3.8, 4) is 11.1 Å². The molecule has 2 fully saturated rings. The van der Waals surface area contributed by atoms with Gasteiger partial charge in [0.05, 0.1) is 19.4 Å². The van der Waals surface area contributed by atoms with E-state index < -0.39 is 0 Å². The third-order valence-electron chi connectivity index (χ3n) is 6.06. The molecule has 6 nitrogen and oxygen atoms in total. The number of morpholine rings is 1. The van der Waals surface area contributed by atoms with E-state index in [1.165, 1.54) is 12.3 Å². The number of pyridine rings is 2. The van der Waals surface area contributed by atoms with Crippen molar-refractivity contribution in [1.82, 2.24) is 14.9 Å². The van der Waals surface area contributed by atoms with Gasteiger partial charge in [0.2, 0.25) is 5.91 Å². The normalized spacial score (nSPS) is 21.9. The highest BCUT2D eigenvalue weighted by atomic mass is 19.1. The number of halogens is 1. The number of amides is 1. The molecule has 2 aliphatic rings. The van der Waals surface area contributed by atoms with Crippen LogP contribution in [0.4, 0.5) is 10.2 Å². The minimum Gasteiger partial charge on any atom is -0.379 e. The molecule has 0 unspecified atom stereocenters. The van der Waals surface area contributed by atoms with E-state index in [0.717, 1.165) is 55.5 Å². The van der Waals surface area contributed by atoms with E-state index in [2.05, 4.69) is 20.2 Å². The average Bonchev–Trinajstić information content (AvgIpc) is 2.73. The average molecular weight is 408 g/mol. The lowest BCUT2D eigenvalue weighted by atomic mass is 9.78. The Balaban J connectivity index is 0.00000231. The predicted octanol–water partition coefficient (Wildman–Crippen LogP) is 3.73. The molecule has 3 aromatic rings. The molecule has 156 valence electrons. The molecule has 5 rings (SSSR count). The van der Waals surface area contributed by atoms with E-state index >= 15 is 0 Å². The fourth-order valence-electron chi connectivity index (χ4n) is 4.23. The van der Waals surface area contributed by atoms with Crippen LogP contribution in [0.15, 0.2) is 48.9 Å². The smallest absolute Gasteiger partial charge is 0.228 e. The maximum atomic E-state index is 13.5. The number of nitrogens with one attached hydrogen (secondary N) is 1. The largest absolute Gasteiger partial charge is 0.379 e. The minimum atomic E-state index is -0.369. The van der Waals surface area contributed by atoms with E-state index in [4.69, 9.17) is 4.74 Å². The van der Waals surface area contributed by atoms with Crippen molar-refractivity contribution in [3.63, 3.8) is 0 Å². The van der Waals surface area contributed by atoms with Crippen LogP contribution in [0, 0.1) is 11.7 Å². The Morgan fingerprint density at radius 2 is 1.90 bits per heavy atom. The number of fused-ring (bicyclic) bond motifs is 1. The van der Waals surface area contributed by atoms with Crippen LogP contribution in [0.1, 0.15) is 14.3 Å². The Labute approximate surface area is 175 Å². The zero-order valence-corrected chi connectivity index (χ0v) is 16.6. The van der Waals surface area contributed by atoms with Crippen LogP contribution < -0.4 is 5.32 Å². The van der Waals surface area contributed by atoms with Crippen LogP contribution in [0.2, 0.25) is 0 Å². The molecule has 1 saturated heterocycles.